The van der Waals surface area contributed by atoms with Gasteiger partial charge >= 0.3 is 0 Å². The standard InChI is InChI=1S/C12H17NO3S/c1-9(14)11-3-2-4-12(7-11)13-17(15,16)8-10-5-6-10/h2-4,7,9-10,13-14H,5-6,8H2,1H3. The van der Waals surface area contributed by atoms with Crippen LogP contribution in [0.25, 0.3) is 0 Å². The average molecular weight is 255 g/mol. The number of hydrogen-bond acceptors (Lipinski definition) is 3. The van der Waals surface area contributed by atoms with Crippen molar-refractivity contribution in [2.45, 2.75) is 25.9 Å². The van der Waals surface area contributed by atoms with Gasteiger partial charge < -0.3 is 5.11 Å². The van der Waals surface area contributed by atoms with Gasteiger partial charge in [-0.05, 0) is 43.4 Å². The number of benzene rings is 1. The number of anilines is 1. The molecule has 5 heteroatoms. The van der Waals surface area contributed by atoms with Crippen LogP contribution in [0.2, 0.25) is 0 Å². The van der Waals surface area contributed by atoms with E-state index in [2.05, 4.69) is 4.72 Å². The first kappa shape index (κ1) is 12.4. The zero-order valence-corrected chi connectivity index (χ0v) is 10.6. The first-order valence-corrected chi connectivity index (χ1v) is 7.40. The molecular weight excluding hydrogens is 238 g/mol. The van der Waals surface area contributed by atoms with Gasteiger partial charge in [0.15, 0.2) is 0 Å². The molecule has 0 radical (unpaired) electrons. The molecule has 0 aliphatic heterocycles. The van der Waals surface area contributed by atoms with E-state index in [4.69, 9.17) is 0 Å². The molecule has 1 atom stereocenters. The van der Waals surface area contributed by atoms with E-state index in [0.29, 0.717) is 17.2 Å². The summed E-state index contributed by atoms with van der Waals surface area (Å²) in [7, 11) is -3.25. The normalized spacial score (nSPS) is 17.8. The topological polar surface area (TPSA) is 66.4 Å². The molecule has 1 aromatic rings. The van der Waals surface area contributed by atoms with Gasteiger partial charge in [-0.1, -0.05) is 12.1 Å². The summed E-state index contributed by atoms with van der Waals surface area (Å²) in [5.41, 5.74) is 1.22. The Morgan fingerprint density at radius 2 is 2.18 bits per heavy atom. The van der Waals surface area contributed by atoms with Gasteiger partial charge in [-0.2, -0.15) is 0 Å². The molecule has 94 valence electrons. The van der Waals surface area contributed by atoms with Crippen LogP contribution < -0.4 is 4.72 Å². The molecule has 1 saturated carbocycles. The predicted octanol–water partition coefficient (Wildman–Crippen LogP) is 1.89. The monoisotopic (exact) mass is 255 g/mol. The summed E-state index contributed by atoms with van der Waals surface area (Å²) in [6, 6.07) is 6.85. The summed E-state index contributed by atoms with van der Waals surface area (Å²) in [6.45, 7) is 1.65. The highest BCUT2D eigenvalue weighted by Crippen LogP contribution is 2.30. The van der Waals surface area contributed by atoms with E-state index in [-0.39, 0.29) is 5.75 Å². The van der Waals surface area contributed by atoms with Gasteiger partial charge in [0.1, 0.15) is 0 Å². The third-order valence-corrected chi connectivity index (χ3v) is 4.25. The van der Waals surface area contributed by atoms with E-state index in [1.54, 1.807) is 31.2 Å². The summed E-state index contributed by atoms with van der Waals surface area (Å²) < 4.78 is 26.1. The second-order valence-corrected chi connectivity index (χ2v) is 6.40. The molecule has 1 aliphatic rings. The molecule has 0 spiro atoms. The van der Waals surface area contributed by atoms with Crippen molar-refractivity contribution in [2.24, 2.45) is 5.92 Å². The highest BCUT2D eigenvalue weighted by atomic mass is 32.2. The lowest BCUT2D eigenvalue weighted by molar-refractivity contribution is 0.199. The fourth-order valence-electron chi connectivity index (χ4n) is 1.68. The van der Waals surface area contributed by atoms with Gasteiger partial charge in [0, 0.05) is 5.69 Å². The second-order valence-electron chi connectivity index (χ2n) is 4.63. The van der Waals surface area contributed by atoms with Gasteiger partial charge in [-0.25, -0.2) is 8.42 Å². The number of aliphatic hydroxyl groups is 1. The lowest BCUT2D eigenvalue weighted by Crippen LogP contribution is -2.17. The van der Waals surface area contributed by atoms with Crippen LogP contribution in [0.3, 0.4) is 0 Å². The number of sulfonamides is 1. The maximum absolute atomic E-state index is 11.8. The van der Waals surface area contributed by atoms with E-state index >= 15 is 0 Å². The Hall–Kier alpha value is -1.07. The minimum atomic E-state index is -3.25. The van der Waals surface area contributed by atoms with Crippen molar-refractivity contribution in [1.29, 1.82) is 0 Å². The fourth-order valence-corrected chi connectivity index (χ4v) is 3.20. The smallest absolute Gasteiger partial charge is 0.232 e. The van der Waals surface area contributed by atoms with E-state index < -0.39 is 16.1 Å². The van der Waals surface area contributed by atoms with Gasteiger partial charge in [0.25, 0.3) is 0 Å². The van der Waals surface area contributed by atoms with Crippen LogP contribution >= 0.6 is 0 Å². The molecule has 4 nitrogen and oxygen atoms in total. The van der Waals surface area contributed by atoms with Crippen molar-refractivity contribution in [3.8, 4) is 0 Å². The van der Waals surface area contributed by atoms with E-state index in [1.807, 2.05) is 0 Å². The van der Waals surface area contributed by atoms with Crippen LogP contribution in [-0.2, 0) is 10.0 Å². The fraction of sp³-hybridized carbons (Fsp3) is 0.500. The summed E-state index contributed by atoms with van der Waals surface area (Å²) in [6.07, 6.45) is 1.42. The molecule has 1 aromatic carbocycles. The van der Waals surface area contributed by atoms with Crippen LogP contribution in [0.1, 0.15) is 31.4 Å². The molecule has 0 heterocycles. The van der Waals surface area contributed by atoms with Crippen LogP contribution in [0.5, 0.6) is 0 Å². The van der Waals surface area contributed by atoms with Crippen molar-refractivity contribution in [2.75, 3.05) is 10.5 Å². The lowest BCUT2D eigenvalue weighted by Gasteiger charge is -2.10. The molecule has 0 saturated heterocycles. The van der Waals surface area contributed by atoms with E-state index in [9.17, 15) is 13.5 Å². The third kappa shape index (κ3) is 3.71. The Labute approximate surface area is 102 Å². The Morgan fingerprint density at radius 3 is 2.76 bits per heavy atom. The van der Waals surface area contributed by atoms with Crippen molar-refractivity contribution >= 4 is 15.7 Å². The Bertz CT molecular complexity index is 492. The molecule has 1 aliphatic carbocycles. The van der Waals surface area contributed by atoms with Gasteiger partial charge in [0.05, 0.1) is 11.9 Å². The van der Waals surface area contributed by atoms with Gasteiger partial charge in [0.2, 0.25) is 10.0 Å². The molecule has 2 rings (SSSR count). The minimum absolute atomic E-state index is 0.200. The van der Waals surface area contributed by atoms with Crippen LogP contribution in [0.4, 0.5) is 5.69 Å². The first-order valence-electron chi connectivity index (χ1n) is 5.75. The molecule has 0 aromatic heterocycles. The molecule has 1 unspecified atom stereocenters. The maximum Gasteiger partial charge on any atom is 0.232 e. The summed E-state index contributed by atoms with van der Waals surface area (Å²) >= 11 is 0. The molecule has 17 heavy (non-hydrogen) atoms. The Balaban J connectivity index is 2.09. The van der Waals surface area contributed by atoms with Crippen LogP contribution in [-0.4, -0.2) is 19.3 Å². The number of rotatable bonds is 5. The third-order valence-electron chi connectivity index (χ3n) is 2.79. The zero-order valence-electron chi connectivity index (χ0n) is 9.76. The first-order chi connectivity index (χ1) is 7.96. The molecule has 2 N–H and O–H groups in total. The van der Waals surface area contributed by atoms with Crippen LogP contribution in [0.15, 0.2) is 24.3 Å². The minimum Gasteiger partial charge on any atom is -0.389 e. The molecule has 0 bridgehead atoms. The Kier molecular flexibility index (Phi) is 3.40. The SMILES string of the molecule is CC(O)c1cccc(NS(=O)(=O)CC2CC2)c1. The highest BCUT2D eigenvalue weighted by Gasteiger charge is 2.27. The largest absolute Gasteiger partial charge is 0.389 e. The quantitative estimate of drug-likeness (QED) is 0.844. The molecular formula is C12H17NO3S. The van der Waals surface area contributed by atoms with E-state index in [0.717, 1.165) is 12.8 Å². The predicted molar refractivity (Wildman–Crippen MR) is 67.2 cm³/mol. The summed E-state index contributed by atoms with van der Waals surface area (Å²) in [5.74, 6) is 0.527. The van der Waals surface area contributed by atoms with Gasteiger partial charge in [-0.3, -0.25) is 4.72 Å². The lowest BCUT2D eigenvalue weighted by atomic mass is 10.1. The second kappa shape index (κ2) is 4.66. The average Bonchev–Trinajstić information content (AvgIpc) is 3.00. The van der Waals surface area contributed by atoms with Gasteiger partial charge in [-0.15, -0.1) is 0 Å². The van der Waals surface area contributed by atoms with Crippen molar-refractivity contribution in [3.05, 3.63) is 29.8 Å². The number of hydrogen-bond donors (Lipinski definition) is 2. The van der Waals surface area contributed by atoms with E-state index in [1.165, 1.54) is 0 Å². The number of nitrogens with one attached hydrogen (secondary N) is 1. The van der Waals surface area contributed by atoms with Crippen molar-refractivity contribution in [1.82, 2.24) is 0 Å². The van der Waals surface area contributed by atoms with Crippen molar-refractivity contribution in [3.63, 3.8) is 0 Å². The molecule has 1 fully saturated rings. The summed E-state index contributed by atoms with van der Waals surface area (Å²) in [5, 5.41) is 9.42. The number of aliphatic hydroxyl groups excluding tert-OH is 1. The molecule has 0 amide bonds. The zero-order chi connectivity index (χ0) is 12.5. The van der Waals surface area contributed by atoms with Crippen LogP contribution in [0, 0.1) is 5.92 Å². The highest BCUT2D eigenvalue weighted by molar-refractivity contribution is 7.92. The Morgan fingerprint density at radius 1 is 1.47 bits per heavy atom. The van der Waals surface area contributed by atoms with Crippen molar-refractivity contribution < 1.29 is 13.5 Å². The summed E-state index contributed by atoms with van der Waals surface area (Å²) in [4.78, 5) is 0. The maximum atomic E-state index is 11.8.